The molecular formula is C18H12Cl2N2O3. The molecular weight excluding hydrogens is 363 g/mol. The van der Waals surface area contributed by atoms with Gasteiger partial charge in [0.2, 0.25) is 0 Å². The van der Waals surface area contributed by atoms with Crippen LogP contribution in [0.15, 0.2) is 65.3 Å². The van der Waals surface area contributed by atoms with Crippen LogP contribution in [0.1, 0.15) is 20.9 Å². The fourth-order valence-corrected chi connectivity index (χ4v) is 2.55. The lowest BCUT2D eigenvalue weighted by atomic mass is 10.2. The Hall–Kier alpha value is -2.76. The molecule has 0 aliphatic heterocycles. The highest BCUT2D eigenvalue weighted by Gasteiger charge is 2.11. The number of carbonyl (C=O) groups excluding carboxylic acids is 2. The molecule has 1 heterocycles. The van der Waals surface area contributed by atoms with Crippen molar-refractivity contribution in [1.82, 2.24) is 0 Å². The monoisotopic (exact) mass is 374 g/mol. The maximum Gasteiger partial charge on any atom is 0.291 e. The van der Waals surface area contributed by atoms with E-state index in [0.717, 1.165) is 0 Å². The normalized spacial score (nSPS) is 10.3. The summed E-state index contributed by atoms with van der Waals surface area (Å²) in [5, 5.41) is 6.22. The van der Waals surface area contributed by atoms with Crippen LogP contribution in [0, 0.1) is 0 Å². The van der Waals surface area contributed by atoms with E-state index < -0.39 is 0 Å². The van der Waals surface area contributed by atoms with Crippen molar-refractivity contribution < 1.29 is 14.0 Å². The van der Waals surface area contributed by atoms with Crippen molar-refractivity contribution in [3.8, 4) is 0 Å². The Morgan fingerprint density at radius 2 is 1.64 bits per heavy atom. The second-order valence-electron chi connectivity index (χ2n) is 5.09. The quantitative estimate of drug-likeness (QED) is 0.667. The second kappa shape index (κ2) is 7.42. The molecule has 0 fully saturated rings. The maximum absolute atomic E-state index is 12.3. The van der Waals surface area contributed by atoms with Crippen molar-refractivity contribution in [1.29, 1.82) is 0 Å². The zero-order chi connectivity index (χ0) is 17.8. The molecule has 5 nitrogen and oxygen atoms in total. The van der Waals surface area contributed by atoms with Gasteiger partial charge in [0.1, 0.15) is 0 Å². The van der Waals surface area contributed by atoms with Crippen LogP contribution in [-0.4, -0.2) is 11.8 Å². The first kappa shape index (κ1) is 17.1. The van der Waals surface area contributed by atoms with E-state index in [0.29, 0.717) is 27.0 Å². The van der Waals surface area contributed by atoms with Crippen molar-refractivity contribution in [3.63, 3.8) is 0 Å². The van der Waals surface area contributed by atoms with Crippen molar-refractivity contribution in [3.05, 3.63) is 82.2 Å². The highest BCUT2D eigenvalue weighted by Crippen LogP contribution is 2.26. The Morgan fingerprint density at radius 1 is 0.880 bits per heavy atom. The molecule has 3 rings (SSSR count). The van der Waals surface area contributed by atoms with Gasteiger partial charge in [-0.05, 0) is 54.6 Å². The van der Waals surface area contributed by atoms with E-state index >= 15 is 0 Å². The molecule has 3 aromatic rings. The molecule has 2 aromatic carbocycles. The van der Waals surface area contributed by atoms with Gasteiger partial charge in [0.05, 0.1) is 17.0 Å². The first-order valence-corrected chi connectivity index (χ1v) is 8.00. The molecule has 7 heteroatoms. The summed E-state index contributed by atoms with van der Waals surface area (Å²) in [5.74, 6) is -0.484. The molecule has 0 saturated heterocycles. The number of furan rings is 1. The van der Waals surface area contributed by atoms with Gasteiger partial charge in [-0.1, -0.05) is 23.2 Å². The summed E-state index contributed by atoms with van der Waals surface area (Å²) in [7, 11) is 0. The lowest BCUT2D eigenvalue weighted by Crippen LogP contribution is -2.13. The Kier molecular flexibility index (Phi) is 5.07. The Bertz CT molecular complexity index is 907. The van der Waals surface area contributed by atoms with E-state index in [4.69, 9.17) is 27.6 Å². The highest BCUT2D eigenvalue weighted by molar-refractivity contribution is 6.36. The number of hydrogen-bond donors (Lipinski definition) is 2. The molecule has 2 N–H and O–H groups in total. The van der Waals surface area contributed by atoms with Crippen LogP contribution in [0.5, 0.6) is 0 Å². The summed E-state index contributed by atoms with van der Waals surface area (Å²) in [6.07, 6.45) is 1.42. The number of anilines is 2. The summed E-state index contributed by atoms with van der Waals surface area (Å²) in [6, 6.07) is 14.4. The molecule has 1 aromatic heterocycles. The predicted octanol–water partition coefficient (Wildman–Crippen LogP) is 5.09. The molecule has 0 spiro atoms. The van der Waals surface area contributed by atoms with Crippen molar-refractivity contribution >= 4 is 46.4 Å². The van der Waals surface area contributed by atoms with E-state index in [-0.39, 0.29) is 17.6 Å². The van der Waals surface area contributed by atoms with Gasteiger partial charge in [-0.15, -0.1) is 0 Å². The first-order chi connectivity index (χ1) is 12.0. The molecule has 0 aliphatic rings. The number of hydrogen-bond acceptors (Lipinski definition) is 3. The minimum absolute atomic E-state index is 0.208. The van der Waals surface area contributed by atoms with Gasteiger partial charge in [-0.2, -0.15) is 0 Å². The summed E-state index contributed by atoms with van der Waals surface area (Å²) in [5.41, 5.74) is 1.43. The maximum atomic E-state index is 12.3. The van der Waals surface area contributed by atoms with E-state index in [9.17, 15) is 9.59 Å². The van der Waals surface area contributed by atoms with Crippen LogP contribution in [0.25, 0.3) is 0 Å². The van der Waals surface area contributed by atoms with Gasteiger partial charge in [-0.25, -0.2) is 0 Å². The fraction of sp³-hybridized carbons (Fsp3) is 0. The summed E-state index contributed by atoms with van der Waals surface area (Å²) < 4.78 is 5.02. The van der Waals surface area contributed by atoms with Gasteiger partial charge >= 0.3 is 0 Å². The van der Waals surface area contributed by atoms with E-state index in [2.05, 4.69) is 10.6 Å². The molecule has 126 valence electrons. The standard InChI is InChI=1S/C18H12Cl2N2O3/c19-12-5-8-15(14(20)10-12)22-17(23)11-3-6-13(7-4-11)21-18(24)16-2-1-9-25-16/h1-10H,(H,21,24)(H,22,23). The van der Waals surface area contributed by atoms with Crippen LogP contribution in [0.2, 0.25) is 10.0 Å². The van der Waals surface area contributed by atoms with Crippen LogP contribution >= 0.6 is 23.2 Å². The van der Waals surface area contributed by atoms with Gasteiger partial charge in [0, 0.05) is 16.3 Å². The molecule has 0 unspecified atom stereocenters. The molecule has 0 bridgehead atoms. The van der Waals surface area contributed by atoms with Crippen molar-refractivity contribution in [2.45, 2.75) is 0 Å². The molecule has 0 atom stereocenters. The second-order valence-corrected chi connectivity index (χ2v) is 5.93. The van der Waals surface area contributed by atoms with E-state index in [1.165, 1.54) is 6.26 Å². The molecule has 0 aliphatic carbocycles. The van der Waals surface area contributed by atoms with Crippen LogP contribution in [-0.2, 0) is 0 Å². The fourth-order valence-electron chi connectivity index (χ4n) is 2.09. The number of rotatable bonds is 4. The minimum Gasteiger partial charge on any atom is -0.459 e. The number of amides is 2. The highest BCUT2D eigenvalue weighted by atomic mass is 35.5. The minimum atomic E-state index is -0.366. The SMILES string of the molecule is O=C(Nc1ccc(Cl)cc1Cl)c1ccc(NC(=O)c2ccco2)cc1. The molecule has 0 radical (unpaired) electrons. The lowest BCUT2D eigenvalue weighted by Gasteiger charge is -2.08. The Morgan fingerprint density at radius 3 is 2.28 bits per heavy atom. The van der Waals surface area contributed by atoms with Gasteiger partial charge in [0.15, 0.2) is 5.76 Å². The zero-order valence-electron chi connectivity index (χ0n) is 12.8. The van der Waals surface area contributed by atoms with E-state index in [1.807, 2.05) is 0 Å². The smallest absolute Gasteiger partial charge is 0.291 e. The largest absolute Gasteiger partial charge is 0.459 e. The third-order valence-corrected chi connectivity index (χ3v) is 3.88. The Labute approximate surface area is 153 Å². The van der Waals surface area contributed by atoms with Crippen molar-refractivity contribution in [2.75, 3.05) is 10.6 Å². The van der Waals surface area contributed by atoms with Gasteiger partial charge in [0.25, 0.3) is 11.8 Å². The summed E-state index contributed by atoms with van der Waals surface area (Å²) in [6.45, 7) is 0. The van der Waals surface area contributed by atoms with Crippen LogP contribution in [0.3, 0.4) is 0 Å². The number of halogens is 2. The molecule has 2 amide bonds. The first-order valence-electron chi connectivity index (χ1n) is 7.24. The predicted molar refractivity (Wildman–Crippen MR) is 97.5 cm³/mol. The molecule has 0 saturated carbocycles. The molecule has 25 heavy (non-hydrogen) atoms. The summed E-state index contributed by atoms with van der Waals surface area (Å²) in [4.78, 5) is 24.2. The number of benzene rings is 2. The zero-order valence-corrected chi connectivity index (χ0v) is 14.3. The van der Waals surface area contributed by atoms with Crippen LogP contribution < -0.4 is 10.6 Å². The third kappa shape index (κ3) is 4.21. The lowest BCUT2D eigenvalue weighted by molar-refractivity contribution is 0.0995. The number of nitrogens with one attached hydrogen (secondary N) is 2. The van der Waals surface area contributed by atoms with E-state index in [1.54, 1.807) is 54.6 Å². The van der Waals surface area contributed by atoms with Gasteiger partial charge in [-0.3, -0.25) is 9.59 Å². The Balaban J connectivity index is 1.67. The average molecular weight is 375 g/mol. The van der Waals surface area contributed by atoms with Crippen LogP contribution in [0.4, 0.5) is 11.4 Å². The van der Waals surface area contributed by atoms with Crippen molar-refractivity contribution in [2.24, 2.45) is 0 Å². The summed E-state index contributed by atoms with van der Waals surface area (Å²) >= 11 is 11.9. The average Bonchev–Trinajstić information content (AvgIpc) is 3.13. The third-order valence-electron chi connectivity index (χ3n) is 3.33. The topological polar surface area (TPSA) is 71.3 Å². The number of carbonyl (C=O) groups is 2. The van der Waals surface area contributed by atoms with Gasteiger partial charge < -0.3 is 15.1 Å².